The number of benzene rings is 1. The first-order valence-electron chi connectivity index (χ1n) is 7.80. The summed E-state index contributed by atoms with van der Waals surface area (Å²) in [6.45, 7) is 3.87. The normalized spacial score (nSPS) is 11.6. The van der Waals surface area contributed by atoms with Gasteiger partial charge in [0, 0.05) is 10.4 Å². The van der Waals surface area contributed by atoms with E-state index in [4.69, 9.17) is 4.42 Å². The minimum absolute atomic E-state index is 0.187. The molecule has 3 heterocycles. The molecule has 124 valence electrons. The standard InChI is InChI=1S/C19H15N3O2S/c1-12-8-9-15(24-12)10-21-22-11-20-18-17(19(22)23)16(13(2)25-18)14-6-4-3-5-7-14/h3-11H,1-2H3. The number of thiophene rings is 1. The Hall–Kier alpha value is -2.99. The molecule has 6 heteroatoms. The zero-order chi connectivity index (χ0) is 17.4. The molecule has 0 spiro atoms. The van der Waals surface area contributed by atoms with Crippen molar-refractivity contribution < 1.29 is 4.42 Å². The maximum Gasteiger partial charge on any atom is 0.283 e. The van der Waals surface area contributed by atoms with Gasteiger partial charge in [-0.25, -0.2) is 4.98 Å². The van der Waals surface area contributed by atoms with Crippen LogP contribution in [0.3, 0.4) is 0 Å². The van der Waals surface area contributed by atoms with Crippen LogP contribution in [0, 0.1) is 13.8 Å². The molecule has 0 saturated heterocycles. The van der Waals surface area contributed by atoms with E-state index in [2.05, 4.69) is 10.1 Å². The zero-order valence-corrected chi connectivity index (χ0v) is 14.6. The lowest BCUT2D eigenvalue weighted by atomic mass is 10.0. The van der Waals surface area contributed by atoms with E-state index in [9.17, 15) is 4.79 Å². The zero-order valence-electron chi connectivity index (χ0n) is 13.8. The van der Waals surface area contributed by atoms with Crippen molar-refractivity contribution in [2.75, 3.05) is 0 Å². The molecular formula is C19H15N3O2S. The van der Waals surface area contributed by atoms with E-state index in [1.54, 1.807) is 6.07 Å². The van der Waals surface area contributed by atoms with Gasteiger partial charge in [0.1, 0.15) is 22.7 Å². The number of hydrogen-bond acceptors (Lipinski definition) is 5. The summed E-state index contributed by atoms with van der Waals surface area (Å²) in [5.74, 6) is 1.39. The van der Waals surface area contributed by atoms with E-state index in [0.717, 1.165) is 26.6 Å². The van der Waals surface area contributed by atoms with Crippen molar-refractivity contribution in [1.29, 1.82) is 0 Å². The van der Waals surface area contributed by atoms with Crippen LogP contribution in [0.25, 0.3) is 21.3 Å². The fraction of sp³-hybridized carbons (Fsp3) is 0.105. The van der Waals surface area contributed by atoms with Gasteiger partial charge in [-0.05, 0) is 31.5 Å². The third-order valence-corrected chi connectivity index (χ3v) is 4.92. The molecule has 0 aliphatic rings. The second-order valence-corrected chi connectivity index (χ2v) is 6.87. The fourth-order valence-electron chi connectivity index (χ4n) is 2.77. The first-order chi connectivity index (χ1) is 12.1. The van der Waals surface area contributed by atoms with Gasteiger partial charge in [0.25, 0.3) is 5.56 Å². The first kappa shape index (κ1) is 15.5. The first-order valence-corrected chi connectivity index (χ1v) is 8.62. The lowest BCUT2D eigenvalue weighted by Gasteiger charge is -2.02. The Kier molecular flexibility index (Phi) is 3.82. The van der Waals surface area contributed by atoms with Crippen LogP contribution in [0.5, 0.6) is 0 Å². The second-order valence-electron chi connectivity index (χ2n) is 5.67. The van der Waals surface area contributed by atoms with Crippen molar-refractivity contribution in [3.8, 4) is 11.1 Å². The Labute approximate surface area is 147 Å². The Bertz CT molecular complexity index is 1140. The Morgan fingerprint density at radius 1 is 1.16 bits per heavy atom. The van der Waals surface area contributed by atoms with E-state index in [0.29, 0.717) is 11.1 Å². The lowest BCUT2D eigenvalue weighted by molar-refractivity contribution is 0.527. The van der Waals surface area contributed by atoms with Gasteiger partial charge in [0.05, 0.1) is 11.6 Å². The summed E-state index contributed by atoms with van der Waals surface area (Å²) in [5, 5.41) is 4.81. The van der Waals surface area contributed by atoms with Crippen LogP contribution >= 0.6 is 11.3 Å². The molecule has 4 aromatic rings. The molecule has 0 aliphatic heterocycles. The van der Waals surface area contributed by atoms with Crippen LogP contribution in [-0.2, 0) is 0 Å². The van der Waals surface area contributed by atoms with Crippen molar-refractivity contribution in [2.24, 2.45) is 5.10 Å². The fourth-order valence-corrected chi connectivity index (χ4v) is 3.77. The van der Waals surface area contributed by atoms with Crippen molar-refractivity contribution in [2.45, 2.75) is 13.8 Å². The smallest absolute Gasteiger partial charge is 0.283 e. The van der Waals surface area contributed by atoms with Gasteiger partial charge in [0.2, 0.25) is 0 Å². The van der Waals surface area contributed by atoms with Crippen LogP contribution in [0.15, 0.2) is 63.1 Å². The molecule has 4 rings (SSSR count). The number of rotatable bonds is 3. The summed E-state index contributed by atoms with van der Waals surface area (Å²) in [4.78, 5) is 19.1. The minimum atomic E-state index is -0.187. The van der Waals surface area contributed by atoms with Crippen LogP contribution in [0.1, 0.15) is 16.4 Å². The third kappa shape index (κ3) is 2.81. The van der Waals surface area contributed by atoms with Crippen molar-refractivity contribution in [1.82, 2.24) is 9.66 Å². The number of hydrogen-bond donors (Lipinski definition) is 0. The SMILES string of the molecule is Cc1ccc(C=Nn2cnc3sc(C)c(-c4ccccc4)c3c2=O)o1. The summed E-state index contributed by atoms with van der Waals surface area (Å²) in [6, 6.07) is 13.5. The van der Waals surface area contributed by atoms with Crippen LogP contribution in [0.4, 0.5) is 0 Å². The Balaban J connectivity index is 1.87. The lowest BCUT2D eigenvalue weighted by Crippen LogP contribution is -2.16. The summed E-state index contributed by atoms with van der Waals surface area (Å²) in [6.07, 6.45) is 2.96. The summed E-state index contributed by atoms with van der Waals surface area (Å²) >= 11 is 1.52. The molecule has 0 bridgehead atoms. The molecule has 0 N–H and O–H groups in total. The second kappa shape index (κ2) is 6.14. The van der Waals surface area contributed by atoms with Crippen molar-refractivity contribution in [3.63, 3.8) is 0 Å². The van der Waals surface area contributed by atoms with E-state index in [1.165, 1.54) is 28.6 Å². The molecule has 0 aliphatic carbocycles. The molecule has 3 aromatic heterocycles. The van der Waals surface area contributed by atoms with Gasteiger partial charge >= 0.3 is 0 Å². The molecule has 0 fully saturated rings. The van der Waals surface area contributed by atoms with E-state index < -0.39 is 0 Å². The average Bonchev–Trinajstić information content (AvgIpc) is 3.18. The molecule has 25 heavy (non-hydrogen) atoms. The number of nitrogens with zero attached hydrogens (tertiary/aromatic N) is 3. The predicted molar refractivity (Wildman–Crippen MR) is 100 cm³/mol. The molecule has 0 atom stereocenters. The number of aryl methyl sites for hydroxylation is 2. The third-order valence-electron chi connectivity index (χ3n) is 3.90. The predicted octanol–water partition coefficient (Wildman–Crippen LogP) is 4.22. The summed E-state index contributed by atoms with van der Waals surface area (Å²) in [5.41, 5.74) is 1.75. The summed E-state index contributed by atoms with van der Waals surface area (Å²) in [7, 11) is 0. The van der Waals surface area contributed by atoms with Crippen LogP contribution < -0.4 is 5.56 Å². The van der Waals surface area contributed by atoms with Crippen molar-refractivity contribution >= 4 is 27.8 Å². The van der Waals surface area contributed by atoms with Crippen LogP contribution in [-0.4, -0.2) is 15.9 Å². The van der Waals surface area contributed by atoms with E-state index in [1.807, 2.05) is 50.2 Å². The highest BCUT2D eigenvalue weighted by molar-refractivity contribution is 7.19. The van der Waals surface area contributed by atoms with Crippen molar-refractivity contribution in [3.05, 3.63) is 75.5 Å². The minimum Gasteiger partial charge on any atom is -0.460 e. The molecule has 0 amide bonds. The quantitative estimate of drug-likeness (QED) is 0.520. The largest absolute Gasteiger partial charge is 0.460 e. The molecule has 0 unspecified atom stereocenters. The van der Waals surface area contributed by atoms with Gasteiger partial charge < -0.3 is 4.42 Å². The topological polar surface area (TPSA) is 60.4 Å². The number of furan rings is 1. The highest BCUT2D eigenvalue weighted by Gasteiger charge is 2.16. The van der Waals surface area contributed by atoms with E-state index >= 15 is 0 Å². The number of aromatic nitrogens is 2. The van der Waals surface area contributed by atoms with Gasteiger partial charge in [-0.15, -0.1) is 11.3 Å². The van der Waals surface area contributed by atoms with Crippen LogP contribution in [0.2, 0.25) is 0 Å². The maximum absolute atomic E-state index is 12.9. The number of fused-ring (bicyclic) bond motifs is 1. The van der Waals surface area contributed by atoms with Gasteiger partial charge in [-0.1, -0.05) is 30.3 Å². The maximum atomic E-state index is 12.9. The monoisotopic (exact) mass is 349 g/mol. The highest BCUT2D eigenvalue weighted by atomic mass is 32.1. The average molecular weight is 349 g/mol. The van der Waals surface area contributed by atoms with Gasteiger partial charge in [0.15, 0.2) is 0 Å². The van der Waals surface area contributed by atoms with E-state index in [-0.39, 0.29) is 5.56 Å². The molecule has 1 aromatic carbocycles. The summed E-state index contributed by atoms with van der Waals surface area (Å²) < 4.78 is 6.70. The molecular weight excluding hydrogens is 334 g/mol. The van der Waals surface area contributed by atoms with Gasteiger partial charge in [-0.2, -0.15) is 9.78 Å². The van der Waals surface area contributed by atoms with Gasteiger partial charge in [-0.3, -0.25) is 4.79 Å². The molecule has 0 radical (unpaired) electrons. The Morgan fingerprint density at radius 2 is 1.96 bits per heavy atom. The molecule has 5 nitrogen and oxygen atoms in total. The highest BCUT2D eigenvalue weighted by Crippen LogP contribution is 2.35. The Morgan fingerprint density at radius 3 is 2.68 bits per heavy atom. The molecule has 0 saturated carbocycles.